The summed E-state index contributed by atoms with van der Waals surface area (Å²) in [4.78, 5) is 27.0. The van der Waals surface area contributed by atoms with E-state index in [2.05, 4.69) is 10.3 Å². The second-order valence-electron chi connectivity index (χ2n) is 4.84. The fourth-order valence-corrected chi connectivity index (χ4v) is 2.14. The minimum absolute atomic E-state index is 0.142. The predicted molar refractivity (Wildman–Crippen MR) is 78.4 cm³/mol. The van der Waals surface area contributed by atoms with Gasteiger partial charge in [0.1, 0.15) is 0 Å². The third-order valence-electron chi connectivity index (χ3n) is 3.27. The van der Waals surface area contributed by atoms with Gasteiger partial charge in [-0.3, -0.25) is 14.6 Å². The van der Waals surface area contributed by atoms with Crippen molar-refractivity contribution in [1.82, 2.24) is 4.98 Å². The van der Waals surface area contributed by atoms with E-state index in [1.807, 2.05) is 31.2 Å². The largest absolute Gasteiger partial charge is 0.369 e. The molecule has 2 rings (SSSR count). The van der Waals surface area contributed by atoms with Crippen molar-refractivity contribution in [2.75, 3.05) is 5.32 Å². The van der Waals surface area contributed by atoms with E-state index in [1.165, 1.54) is 6.92 Å². The summed E-state index contributed by atoms with van der Waals surface area (Å²) >= 11 is 0. The van der Waals surface area contributed by atoms with Crippen LogP contribution in [0.15, 0.2) is 24.3 Å². The number of amides is 2. The fraction of sp³-hybridized carbons (Fsp3) is 0.267. The fourth-order valence-electron chi connectivity index (χ4n) is 2.14. The molecule has 0 aliphatic carbocycles. The highest BCUT2D eigenvalue weighted by Crippen LogP contribution is 2.28. The first-order chi connectivity index (χ1) is 9.40. The quantitative estimate of drug-likeness (QED) is 0.896. The van der Waals surface area contributed by atoms with Crippen LogP contribution in [0.3, 0.4) is 0 Å². The molecular weight excluding hydrogens is 254 g/mol. The molecule has 1 aromatic carbocycles. The number of carbonyl (C=O) groups is 2. The number of nitrogens with two attached hydrogens (primary N) is 1. The van der Waals surface area contributed by atoms with Crippen LogP contribution in [0.1, 0.15) is 31.2 Å². The first-order valence-corrected chi connectivity index (χ1v) is 6.37. The molecule has 3 N–H and O–H groups in total. The lowest BCUT2D eigenvalue weighted by Crippen LogP contribution is -2.20. The van der Waals surface area contributed by atoms with Crippen molar-refractivity contribution >= 4 is 28.3 Å². The van der Waals surface area contributed by atoms with Gasteiger partial charge in [-0.25, -0.2) is 0 Å². The summed E-state index contributed by atoms with van der Waals surface area (Å²) in [5.74, 6) is -1.03. The van der Waals surface area contributed by atoms with Gasteiger partial charge >= 0.3 is 0 Å². The Labute approximate surface area is 117 Å². The summed E-state index contributed by atoms with van der Waals surface area (Å²) in [5, 5.41) is 4.59. The summed E-state index contributed by atoms with van der Waals surface area (Å²) in [6, 6.07) is 7.42. The molecule has 0 radical (unpaired) electrons. The third kappa shape index (κ3) is 2.61. The second kappa shape index (κ2) is 5.28. The van der Waals surface area contributed by atoms with Gasteiger partial charge in [0.2, 0.25) is 11.8 Å². The number of anilines is 1. The van der Waals surface area contributed by atoms with Gasteiger partial charge in [0.25, 0.3) is 0 Å². The number of nitrogens with one attached hydrogen (secondary N) is 1. The van der Waals surface area contributed by atoms with E-state index >= 15 is 0 Å². The van der Waals surface area contributed by atoms with Crippen LogP contribution in [0.25, 0.3) is 10.8 Å². The molecule has 0 saturated heterocycles. The molecule has 0 bridgehead atoms. The number of rotatable bonds is 3. The van der Waals surface area contributed by atoms with E-state index in [4.69, 9.17) is 5.73 Å². The molecule has 1 atom stereocenters. The van der Waals surface area contributed by atoms with Gasteiger partial charge in [-0.15, -0.1) is 0 Å². The van der Waals surface area contributed by atoms with Crippen molar-refractivity contribution in [3.05, 3.63) is 35.7 Å². The van der Waals surface area contributed by atoms with Crippen molar-refractivity contribution in [2.24, 2.45) is 5.73 Å². The predicted octanol–water partition coefficient (Wildman–Crippen LogP) is 2.09. The van der Waals surface area contributed by atoms with E-state index in [-0.39, 0.29) is 5.91 Å². The van der Waals surface area contributed by atoms with Crippen molar-refractivity contribution in [2.45, 2.75) is 26.7 Å². The molecule has 0 aliphatic heterocycles. The highest BCUT2D eigenvalue weighted by Gasteiger charge is 2.16. The number of aryl methyl sites for hydroxylation is 1. The number of hydrogen-bond acceptors (Lipinski definition) is 3. The van der Waals surface area contributed by atoms with Crippen LogP contribution in [-0.2, 0) is 9.59 Å². The Hall–Kier alpha value is -2.43. The monoisotopic (exact) mass is 271 g/mol. The SMILES string of the molecule is CC(=O)Nc1cccc2c(C)nc(C(C)C(N)=O)cc12. The lowest BCUT2D eigenvalue weighted by atomic mass is 10.0. The lowest BCUT2D eigenvalue weighted by molar-refractivity contribution is -0.119. The van der Waals surface area contributed by atoms with Gasteiger partial charge in [-0.1, -0.05) is 12.1 Å². The molecule has 0 saturated carbocycles. The normalized spacial score (nSPS) is 12.2. The van der Waals surface area contributed by atoms with Crippen LogP contribution in [0.2, 0.25) is 0 Å². The molecule has 0 fully saturated rings. The van der Waals surface area contributed by atoms with Crippen molar-refractivity contribution < 1.29 is 9.59 Å². The number of primary amides is 1. The maximum Gasteiger partial charge on any atom is 0.226 e. The zero-order valence-corrected chi connectivity index (χ0v) is 11.7. The van der Waals surface area contributed by atoms with Crippen LogP contribution >= 0.6 is 0 Å². The van der Waals surface area contributed by atoms with Gasteiger partial charge < -0.3 is 11.1 Å². The molecule has 104 valence electrons. The zero-order chi connectivity index (χ0) is 14.9. The molecule has 0 aliphatic rings. The molecule has 2 amide bonds. The van der Waals surface area contributed by atoms with E-state index in [0.717, 1.165) is 16.5 Å². The average molecular weight is 271 g/mol. The third-order valence-corrected chi connectivity index (χ3v) is 3.27. The van der Waals surface area contributed by atoms with Crippen molar-refractivity contribution in [1.29, 1.82) is 0 Å². The molecule has 1 heterocycles. The van der Waals surface area contributed by atoms with Crippen LogP contribution in [0.5, 0.6) is 0 Å². The lowest BCUT2D eigenvalue weighted by Gasteiger charge is -2.13. The molecular formula is C15H17N3O2. The van der Waals surface area contributed by atoms with Crippen molar-refractivity contribution in [3.63, 3.8) is 0 Å². The summed E-state index contributed by atoms with van der Waals surface area (Å²) in [7, 11) is 0. The minimum Gasteiger partial charge on any atom is -0.369 e. The number of hydrogen-bond donors (Lipinski definition) is 2. The van der Waals surface area contributed by atoms with Gasteiger partial charge in [0.05, 0.1) is 11.6 Å². The van der Waals surface area contributed by atoms with Gasteiger partial charge in [-0.2, -0.15) is 0 Å². The summed E-state index contributed by atoms with van der Waals surface area (Å²) < 4.78 is 0. The van der Waals surface area contributed by atoms with Crippen molar-refractivity contribution in [3.8, 4) is 0 Å². The zero-order valence-electron chi connectivity index (χ0n) is 11.7. The molecule has 0 spiro atoms. The van der Waals surface area contributed by atoms with Crippen LogP contribution < -0.4 is 11.1 Å². The van der Waals surface area contributed by atoms with Gasteiger partial charge in [-0.05, 0) is 26.0 Å². The molecule has 1 aromatic heterocycles. The molecule has 1 unspecified atom stereocenters. The number of nitrogens with zero attached hydrogens (tertiary/aromatic N) is 1. The van der Waals surface area contributed by atoms with Crippen LogP contribution in [-0.4, -0.2) is 16.8 Å². The number of fused-ring (bicyclic) bond motifs is 1. The first-order valence-electron chi connectivity index (χ1n) is 6.37. The average Bonchev–Trinajstić information content (AvgIpc) is 2.38. The maximum absolute atomic E-state index is 11.3. The number of pyridine rings is 1. The second-order valence-corrected chi connectivity index (χ2v) is 4.84. The van der Waals surface area contributed by atoms with E-state index < -0.39 is 11.8 Å². The van der Waals surface area contributed by atoms with Gasteiger partial charge in [0, 0.05) is 29.1 Å². The number of aromatic nitrogens is 1. The Bertz CT molecular complexity index is 695. The Morgan fingerprint density at radius 2 is 2.00 bits per heavy atom. The summed E-state index contributed by atoms with van der Waals surface area (Å²) in [6.45, 7) is 5.05. The van der Waals surface area contributed by atoms with E-state index in [1.54, 1.807) is 6.92 Å². The molecule has 5 nitrogen and oxygen atoms in total. The van der Waals surface area contributed by atoms with Crippen LogP contribution in [0, 0.1) is 6.92 Å². The number of carbonyl (C=O) groups excluding carboxylic acids is 2. The summed E-state index contributed by atoms with van der Waals surface area (Å²) in [6.07, 6.45) is 0. The standard InChI is InChI=1S/C15H17N3O2/c1-8(15(16)20)14-7-12-11(9(2)17-14)5-4-6-13(12)18-10(3)19/h4-8H,1-3H3,(H2,16,20)(H,18,19). The van der Waals surface area contributed by atoms with Crippen LogP contribution in [0.4, 0.5) is 5.69 Å². The smallest absolute Gasteiger partial charge is 0.226 e. The number of benzene rings is 1. The Balaban J connectivity index is 2.66. The first kappa shape index (κ1) is 14.0. The van der Waals surface area contributed by atoms with E-state index in [0.29, 0.717) is 11.4 Å². The maximum atomic E-state index is 11.3. The molecule has 20 heavy (non-hydrogen) atoms. The highest BCUT2D eigenvalue weighted by molar-refractivity contribution is 6.02. The molecule has 2 aromatic rings. The summed E-state index contributed by atoms with van der Waals surface area (Å²) in [5.41, 5.74) is 7.45. The Morgan fingerprint density at radius 1 is 1.30 bits per heavy atom. The van der Waals surface area contributed by atoms with Gasteiger partial charge in [0.15, 0.2) is 0 Å². The topological polar surface area (TPSA) is 85.1 Å². The highest BCUT2D eigenvalue weighted by atomic mass is 16.1. The molecule has 5 heteroatoms. The Kier molecular flexibility index (Phi) is 3.70. The van der Waals surface area contributed by atoms with E-state index in [9.17, 15) is 9.59 Å². The Morgan fingerprint density at radius 3 is 2.60 bits per heavy atom. The minimum atomic E-state index is -0.469.